The molecule has 0 aliphatic heterocycles. The molecule has 6 atom stereocenters. The number of hydrogen-bond acceptors (Lipinski definition) is 11. The summed E-state index contributed by atoms with van der Waals surface area (Å²) in [6.07, 6.45) is 0.0250. The number of carbonyl (C=O) groups excluding carboxylic acids is 5. The zero-order valence-corrected chi connectivity index (χ0v) is 27.3. The number of carbonyl (C=O) groups is 5. The van der Waals surface area contributed by atoms with Crippen LogP contribution >= 0.6 is 0 Å². The van der Waals surface area contributed by atoms with Crippen LogP contribution < -0.4 is 15.4 Å². The van der Waals surface area contributed by atoms with E-state index in [1.165, 1.54) is 31.1 Å². The number of phenolic OH excluding ortho intramolecular Hbond substituents is 1. The molecule has 0 aromatic heterocycles. The van der Waals surface area contributed by atoms with Gasteiger partial charge in [-0.25, -0.2) is 8.42 Å². The number of benzene rings is 2. The molecule has 0 spiro atoms. The number of aromatic hydroxyl groups is 1. The van der Waals surface area contributed by atoms with Crippen molar-refractivity contribution in [3.05, 3.63) is 52.6 Å². The van der Waals surface area contributed by atoms with Gasteiger partial charge in [-0.3, -0.25) is 28.9 Å². The van der Waals surface area contributed by atoms with Crippen molar-refractivity contribution >= 4 is 44.8 Å². The number of likely N-dealkylation sites (N-methyl/N-ethyl adjacent to an activating group) is 1. The predicted octanol–water partition coefficient (Wildman–Crippen LogP) is -0.429. The Morgan fingerprint density at radius 1 is 1.09 bits per heavy atom. The first-order chi connectivity index (χ1) is 21.9. The number of phenols is 1. The molecule has 14 heteroatoms. The molecule has 0 heterocycles. The number of Topliss-reactive ketones (excluding diaryl/α,β-unsaturated/α-hetero) is 4. The molecule has 0 radical (unpaired) electrons. The smallest absolute Gasteiger partial charge is 0.241 e. The highest BCUT2D eigenvalue weighted by atomic mass is 32.2. The number of nitrogens with two attached hydrogens (primary N) is 1. The molecule has 2 unspecified atom stereocenters. The lowest BCUT2D eigenvalue weighted by molar-refractivity contribution is -0.181. The molecule has 248 valence electrons. The summed E-state index contributed by atoms with van der Waals surface area (Å²) < 4.78 is 27.7. The fraction of sp³-hybridized carbons (Fsp3) is 0.424. The summed E-state index contributed by atoms with van der Waals surface area (Å²) in [5.74, 6) is -6.18. The largest absolute Gasteiger partial charge is 0.506 e. The number of nitrogens with one attached hydrogen (secondary N) is 1. The van der Waals surface area contributed by atoms with Crippen LogP contribution in [0.2, 0.25) is 0 Å². The molecule has 1 amide bonds. The van der Waals surface area contributed by atoms with Crippen molar-refractivity contribution in [2.75, 3.05) is 39.6 Å². The molecule has 2 aromatic rings. The SMILES string of the molecule is Cc1ccc(S(=O)(=O)NCC#Cc2cc(N(C)C)c3c(c2O)C(=O)C2C(=O)[C@@]4(O)C(=O)C(C(N)=O)C(=O)[C@H](N(C)C)[C@H]4C[C@H]2C3)cc1. The summed E-state index contributed by atoms with van der Waals surface area (Å²) in [7, 11) is 2.60. The molecule has 13 nitrogen and oxygen atoms in total. The first-order valence-electron chi connectivity index (χ1n) is 14.9. The maximum absolute atomic E-state index is 14.1. The van der Waals surface area contributed by atoms with Gasteiger partial charge in [-0.1, -0.05) is 29.5 Å². The lowest BCUT2D eigenvalue weighted by Gasteiger charge is -2.52. The summed E-state index contributed by atoms with van der Waals surface area (Å²) in [5, 5.41) is 23.1. The Hall–Kier alpha value is -4.42. The molecule has 2 aromatic carbocycles. The van der Waals surface area contributed by atoms with Crippen LogP contribution in [0.5, 0.6) is 5.75 Å². The molecule has 47 heavy (non-hydrogen) atoms. The summed E-state index contributed by atoms with van der Waals surface area (Å²) in [6, 6.07) is 6.60. The Balaban J connectivity index is 1.53. The third-order valence-electron chi connectivity index (χ3n) is 9.42. The van der Waals surface area contributed by atoms with Crippen LogP contribution in [-0.2, 0) is 35.6 Å². The maximum Gasteiger partial charge on any atom is 0.241 e. The van der Waals surface area contributed by atoms with E-state index >= 15 is 0 Å². The quantitative estimate of drug-likeness (QED) is 0.230. The van der Waals surface area contributed by atoms with Crippen LogP contribution in [0, 0.1) is 42.4 Å². The molecule has 5 rings (SSSR count). The number of anilines is 1. The number of aryl methyl sites for hydroxylation is 1. The first kappa shape index (κ1) is 33.9. The van der Waals surface area contributed by atoms with Gasteiger partial charge < -0.3 is 20.8 Å². The van der Waals surface area contributed by atoms with E-state index in [0.717, 1.165) is 5.56 Å². The van der Waals surface area contributed by atoms with Crippen LogP contribution in [0.15, 0.2) is 35.2 Å². The number of aliphatic hydroxyl groups is 1. The van der Waals surface area contributed by atoms with Gasteiger partial charge in [0.05, 0.1) is 34.5 Å². The third kappa shape index (κ3) is 5.42. The van der Waals surface area contributed by atoms with Gasteiger partial charge in [-0.05, 0) is 63.5 Å². The van der Waals surface area contributed by atoms with Crippen molar-refractivity contribution in [2.24, 2.45) is 29.4 Å². The number of fused-ring (bicyclic) bond motifs is 3. The maximum atomic E-state index is 14.1. The highest BCUT2D eigenvalue weighted by Crippen LogP contribution is 2.52. The summed E-state index contributed by atoms with van der Waals surface area (Å²) in [5.41, 5.74) is 4.16. The molecule has 0 saturated heterocycles. The number of primary amides is 1. The van der Waals surface area contributed by atoms with Gasteiger partial charge in [-0.2, -0.15) is 4.72 Å². The Labute approximate surface area is 272 Å². The number of rotatable bonds is 6. The lowest BCUT2D eigenvalue weighted by Crippen LogP contribution is -2.74. The standard InChI is InChI=1S/C33H36N4O9S/c1-16-8-10-19(11-9-16)47(45,46)35-12-6-7-17-15-22(36(2)3)20-13-18-14-21-26(37(4)5)29(40)25(32(34)43)31(42)33(21,44)30(41)23(18)28(39)24(20)27(17)38/h8-11,15,18,21,23,25-26,35,38,44H,12-14H2,1-5H3,(H2,34,43)/t18-,21-,23?,25?,26-,33-/m1/s1. The van der Waals surface area contributed by atoms with Gasteiger partial charge >= 0.3 is 0 Å². The first-order valence-corrected chi connectivity index (χ1v) is 16.4. The number of nitrogens with zero attached hydrogens (tertiary/aromatic N) is 2. The van der Waals surface area contributed by atoms with Gasteiger partial charge in [0.25, 0.3) is 0 Å². The zero-order chi connectivity index (χ0) is 34.7. The van der Waals surface area contributed by atoms with E-state index in [2.05, 4.69) is 16.6 Å². The minimum Gasteiger partial charge on any atom is -0.506 e. The molecule has 3 aliphatic rings. The minimum atomic E-state index is -3.87. The molecule has 2 fully saturated rings. The molecule has 0 bridgehead atoms. The Morgan fingerprint density at radius 2 is 1.72 bits per heavy atom. The zero-order valence-electron chi connectivity index (χ0n) is 26.5. The van der Waals surface area contributed by atoms with Crippen LogP contribution in [0.1, 0.15) is 33.5 Å². The van der Waals surface area contributed by atoms with E-state index < -0.39 is 80.1 Å². The van der Waals surface area contributed by atoms with E-state index in [4.69, 9.17) is 5.73 Å². The van der Waals surface area contributed by atoms with E-state index in [0.29, 0.717) is 11.3 Å². The Kier molecular flexibility index (Phi) is 8.65. The van der Waals surface area contributed by atoms with E-state index in [1.807, 2.05) is 6.92 Å². The summed E-state index contributed by atoms with van der Waals surface area (Å²) in [4.78, 5) is 70.4. The van der Waals surface area contributed by atoms with Crippen LogP contribution in [0.4, 0.5) is 5.69 Å². The molecular formula is C33H36N4O9S. The fourth-order valence-corrected chi connectivity index (χ4v) is 8.14. The highest BCUT2D eigenvalue weighted by molar-refractivity contribution is 7.89. The number of ketones is 4. The van der Waals surface area contributed by atoms with Crippen molar-refractivity contribution in [1.29, 1.82) is 0 Å². The predicted molar refractivity (Wildman–Crippen MR) is 169 cm³/mol. The highest BCUT2D eigenvalue weighted by Gasteiger charge is 2.69. The topological polar surface area (TPSA) is 204 Å². The van der Waals surface area contributed by atoms with E-state index in [-0.39, 0.29) is 35.4 Å². The number of sulfonamides is 1. The van der Waals surface area contributed by atoms with Gasteiger partial charge in [0.15, 0.2) is 34.7 Å². The summed E-state index contributed by atoms with van der Waals surface area (Å²) in [6.45, 7) is 1.51. The fourth-order valence-electron chi connectivity index (χ4n) is 7.22. The van der Waals surface area contributed by atoms with Crippen LogP contribution in [-0.4, -0.2) is 98.9 Å². The van der Waals surface area contributed by atoms with Crippen molar-refractivity contribution in [2.45, 2.75) is 36.3 Å². The minimum absolute atomic E-state index is 0.00515. The van der Waals surface area contributed by atoms with Gasteiger partial charge in [0.1, 0.15) is 5.75 Å². The number of amides is 1. The van der Waals surface area contributed by atoms with Crippen LogP contribution in [0.3, 0.4) is 0 Å². The van der Waals surface area contributed by atoms with Crippen molar-refractivity contribution in [3.8, 4) is 17.6 Å². The Bertz CT molecular complexity index is 1890. The van der Waals surface area contributed by atoms with Crippen molar-refractivity contribution in [3.63, 3.8) is 0 Å². The lowest BCUT2D eigenvalue weighted by atomic mass is 9.52. The molecule has 3 aliphatic carbocycles. The molecular weight excluding hydrogens is 628 g/mol. The Morgan fingerprint density at radius 3 is 2.30 bits per heavy atom. The average Bonchev–Trinajstić information content (AvgIpc) is 2.97. The monoisotopic (exact) mass is 664 g/mol. The third-order valence-corrected chi connectivity index (χ3v) is 10.8. The second-order valence-corrected chi connectivity index (χ2v) is 14.5. The van der Waals surface area contributed by atoms with Gasteiger partial charge in [0.2, 0.25) is 15.9 Å². The van der Waals surface area contributed by atoms with Crippen molar-refractivity contribution < 1.29 is 42.6 Å². The second kappa shape index (κ2) is 12.0. The van der Waals surface area contributed by atoms with E-state index in [1.54, 1.807) is 37.2 Å². The second-order valence-electron chi connectivity index (χ2n) is 12.8. The average molecular weight is 665 g/mol. The van der Waals surface area contributed by atoms with Gasteiger partial charge in [0, 0.05) is 25.7 Å². The van der Waals surface area contributed by atoms with Crippen molar-refractivity contribution in [1.82, 2.24) is 9.62 Å². The van der Waals surface area contributed by atoms with Crippen LogP contribution in [0.25, 0.3) is 0 Å². The molecule has 2 saturated carbocycles. The van der Waals surface area contributed by atoms with Gasteiger partial charge in [-0.15, -0.1) is 0 Å². The number of hydrogen-bond donors (Lipinski definition) is 4. The summed E-state index contributed by atoms with van der Waals surface area (Å²) >= 11 is 0. The molecule has 5 N–H and O–H groups in total. The van der Waals surface area contributed by atoms with E-state index in [9.17, 15) is 42.6 Å². The normalized spacial score (nSPS) is 27.0.